The van der Waals surface area contributed by atoms with Gasteiger partial charge < -0.3 is 0 Å². The molecule has 0 aliphatic carbocycles. The first kappa shape index (κ1) is 9.97. The fraction of sp³-hybridized carbons (Fsp3) is 0.100. The summed E-state index contributed by atoms with van der Waals surface area (Å²) >= 11 is 13.6. The Balaban J connectivity index is 2.61. The van der Waals surface area contributed by atoms with Gasteiger partial charge in [-0.25, -0.2) is 0 Å². The predicted molar refractivity (Wildman–Crippen MR) is 62.3 cm³/mol. The van der Waals surface area contributed by atoms with E-state index in [9.17, 15) is 0 Å². The molecule has 14 heavy (non-hydrogen) atoms. The molecule has 0 atom stereocenters. The molecule has 0 N–H and O–H groups in total. The van der Waals surface area contributed by atoms with Gasteiger partial charge in [0, 0.05) is 10.4 Å². The summed E-state index contributed by atoms with van der Waals surface area (Å²) in [5.41, 5.74) is 1.67. The third-order valence-electron chi connectivity index (χ3n) is 1.85. The summed E-state index contributed by atoms with van der Waals surface area (Å²) in [7, 11) is 0. The average Bonchev–Trinajstić information content (AvgIpc) is 2.51. The second kappa shape index (κ2) is 3.89. The Morgan fingerprint density at radius 2 is 1.86 bits per heavy atom. The van der Waals surface area contributed by atoms with Crippen molar-refractivity contribution < 1.29 is 0 Å². The normalized spacial score (nSPS) is 10.5. The van der Waals surface area contributed by atoms with Gasteiger partial charge in [0.05, 0.1) is 15.7 Å². The van der Waals surface area contributed by atoms with Gasteiger partial charge in [0.25, 0.3) is 0 Å². The van der Waals surface area contributed by atoms with Crippen LogP contribution in [0.3, 0.4) is 0 Å². The first-order valence-corrected chi connectivity index (χ1v) is 5.59. The van der Waals surface area contributed by atoms with Crippen LogP contribution in [0.4, 0.5) is 0 Å². The number of benzene rings is 1. The molecule has 2 aromatic rings. The Bertz CT molecular complexity index is 445. The van der Waals surface area contributed by atoms with E-state index in [4.69, 9.17) is 23.2 Å². The van der Waals surface area contributed by atoms with Crippen molar-refractivity contribution in [2.45, 2.75) is 6.92 Å². The van der Waals surface area contributed by atoms with Gasteiger partial charge in [-0.2, -0.15) is 4.37 Å². The van der Waals surface area contributed by atoms with Crippen molar-refractivity contribution in [2.75, 3.05) is 0 Å². The standard InChI is InChI=1S/C10H7Cl2NS/c1-6-5-9(13-14-6)10-7(11)3-2-4-8(10)12/h2-5H,1H3. The van der Waals surface area contributed by atoms with Crippen LogP contribution >= 0.6 is 34.7 Å². The molecule has 0 amide bonds. The minimum atomic E-state index is 0.641. The summed E-state index contributed by atoms with van der Waals surface area (Å²) < 4.78 is 4.28. The van der Waals surface area contributed by atoms with Gasteiger partial charge in [0.15, 0.2) is 0 Å². The van der Waals surface area contributed by atoms with Gasteiger partial charge in [-0.3, -0.25) is 0 Å². The molecule has 0 spiro atoms. The third-order valence-corrected chi connectivity index (χ3v) is 3.17. The molecule has 0 aliphatic heterocycles. The van der Waals surface area contributed by atoms with E-state index in [2.05, 4.69) is 4.37 Å². The number of hydrogen-bond donors (Lipinski definition) is 0. The molecule has 0 bridgehead atoms. The van der Waals surface area contributed by atoms with Gasteiger partial charge in [-0.1, -0.05) is 29.3 Å². The highest BCUT2D eigenvalue weighted by Gasteiger charge is 2.10. The van der Waals surface area contributed by atoms with Gasteiger partial charge >= 0.3 is 0 Å². The van der Waals surface area contributed by atoms with Crippen LogP contribution in [0, 0.1) is 6.92 Å². The number of hydrogen-bond acceptors (Lipinski definition) is 2. The number of nitrogens with zero attached hydrogens (tertiary/aromatic N) is 1. The highest BCUT2D eigenvalue weighted by Crippen LogP contribution is 2.34. The van der Waals surface area contributed by atoms with Gasteiger partial charge in [-0.05, 0) is 36.7 Å². The van der Waals surface area contributed by atoms with E-state index < -0.39 is 0 Å². The average molecular weight is 244 g/mol. The third kappa shape index (κ3) is 1.78. The largest absolute Gasteiger partial charge is 0.192 e. The summed E-state index contributed by atoms with van der Waals surface area (Å²) in [5.74, 6) is 0. The van der Waals surface area contributed by atoms with Crippen LogP contribution in [0.1, 0.15) is 4.88 Å². The highest BCUT2D eigenvalue weighted by atomic mass is 35.5. The van der Waals surface area contributed by atoms with Crippen molar-refractivity contribution >= 4 is 34.7 Å². The topological polar surface area (TPSA) is 12.9 Å². The summed E-state index contributed by atoms with van der Waals surface area (Å²) in [6.45, 7) is 2.01. The van der Waals surface area contributed by atoms with E-state index in [1.54, 1.807) is 0 Å². The molecule has 1 nitrogen and oxygen atoms in total. The van der Waals surface area contributed by atoms with Crippen molar-refractivity contribution in [3.05, 3.63) is 39.2 Å². The Morgan fingerprint density at radius 3 is 2.36 bits per heavy atom. The first-order valence-electron chi connectivity index (χ1n) is 4.06. The van der Waals surface area contributed by atoms with Gasteiger partial charge in [0.1, 0.15) is 0 Å². The zero-order valence-electron chi connectivity index (χ0n) is 7.42. The van der Waals surface area contributed by atoms with Crippen molar-refractivity contribution in [3.63, 3.8) is 0 Å². The Morgan fingerprint density at radius 1 is 1.21 bits per heavy atom. The SMILES string of the molecule is Cc1cc(-c2c(Cl)cccc2Cl)ns1. The smallest absolute Gasteiger partial charge is 0.0873 e. The minimum Gasteiger partial charge on any atom is -0.192 e. The summed E-state index contributed by atoms with van der Waals surface area (Å²) in [4.78, 5) is 1.15. The molecular formula is C10H7Cl2NS. The fourth-order valence-corrected chi connectivity index (χ4v) is 2.37. The Hall–Kier alpha value is -0.570. The molecule has 72 valence electrons. The van der Waals surface area contributed by atoms with Crippen molar-refractivity contribution in [1.82, 2.24) is 4.37 Å². The van der Waals surface area contributed by atoms with Crippen molar-refractivity contribution in [3.8, 4) is 11.3 Å². The second-order valence-corrected chi connectivity index (χ2v) is 4.74. The highest BCUT2D eigenvalue weighted by molar-refractivity contribution is 7.05. The van der Waals surface area contributed by atoms with Crippen molar-refractivity contribution in [2.24, 2.45) is 0 Å². The molecule has 0 saturated carbocycles. The zero-order chi connectivity index (χ0) is 10.1. The van der Waals surface area contributed by atoms with Gasteiger partial charge in [0.2, 0.25) is 0 Å². The monoisotopic (exact) mass is 243 g/mol. The lowest BCUT2D eigenvalue weighted by Crippen LogP contribution is -1.80. The van der Waals surface area contributed by atoms with E-state index in [0.717, 1.165) is 16.1 Å². The molecule has 2 rings (SSSR count). The molecular weight excluding hydrogens is 237 g/mol. The fourth-order valence-electron chi connectivity index (χ4n) is 1.23. The van der Waals surface area contributed by atoms with Crippen LogP contribution in [0.15, 0.2) is 24.3 Å². The number of aromatic nitrogens is 1. The lowest BCUT2D eigenvalue weighted by molar-refractivity contribution is 1.51. The van der Waals surface area contributed by atoms with E-state index >= 15 is 0 Å². The van der Waals surface area contributed by atoms with Crippen LogP contribution in [0.2, 0.25) is 10.0 Å². The molecule has 0 radical (unpaired) electrons. The first-order chi connectivity index (χ1) is 6.68. The minimum absolute atomic E-state index is 0.641. The quantitative estimate of drug-likeness (QED) is 0.723. The maximum Gasteiger partial charge on any atom is 0.0873 e. The predicted octanol–water partition coefficient (Wildman–Crippen LogP) is 4.43. The van der Waals surface area contributed by atoms with Crippen LogP contribution in [-0.4, -0.2) is 4.37 Å². The number of rotatable bonds is 1. The molecule has 0 unspecified atom stereocenters. The lowest BCUT2D eigenvalue weighted by atomic mass is 10.1. The zero-order valence-corrected chi connectivity index (χ0v) is 9.75. The summed E-state index contributed by atoms with van der Waals surface area (Å²) in [6.07, 6.45) is 0. The van der Waals surface area contributed by atoms with Crippen LogP contribution in [-0.2, 0) is 0 Å². The van der Waals surface area contributed by atoms with E-state index in [0.29, 0.717) is 10.0 Å². The van der Waals surface area contributed by atoms with E-state index in [-0.39, 0.29) is 0 Å². The molecule has 4 heteroatoms. The molecule has 0 saturated heterocycles. The van der Waals surface area contributed by atoms with Crippen LogP contribution < -0.4 is 0 Å². The Kier molecular flexibility index (Phi) is 2.77. The maximum absolute atomic E-state index is 6.05. The maximum atomic E-state index is 6.05. The second-order valence-electron chi connectivity index (χ2n) is 2.92. The molecule has 1 heterocycles. The van der Waals surface area contributed by atoms with Crippen LogP contribution in [0.5, 0.6) is 0 Å². The van der Waals surface area contributed by atoms with Crippen LogP contribution in [0.25, 0.3) is 11.3 Å². The Labute approximate surface area is 96.5 Å². The molecule has 0 fully saturated rings. The molecule has 1 aromatic heterocycles. The summed E-state index contributed by atoms with van der Waals surface area (Å²) in [6, 6.07) is 7.44. The lowest BCUT2D eigenvalue weighted by Gasteiger charge is -2.02. The van der Waals surface area contributed by atoms with Gasteiger partial charge in [-0.15, -0.1) is 0 Å². The number of halogens is 2. The summed E-state index contributed by atoms with van der Waals surface area (Å²) in [5, 5.41) is 1.28. The van der Waals surface area contributed by atoms with E-state index in [1.807, 2.05) is 31.2 Å². The number of aryl methyl sites for hydroxylation is 1. The molecule has 0 aliphatic rings. The van der Waals surface area contributed by atoms with Crippen molar-refractivity contribution in [1.29, 1.82) is 0 Å². The molecule has 1 aromatic carbocycles. The van der Waals surface area contributed by atoms with E-state index in [1.165, 1.54) is 11.5 Å².